The molecule has 1 amide bonds. The molecular formula is C18H29NO5. The molecule has 0 aromatic carbocycles. The average Bonchev–Trinajstić information content (AvgIpc) is 3.10. The Balaban J connectivity index is 1.88. The zero-order chi connectivity index (χ0) is 17.8. The van der Waals surface area contributed by atoms with Crippen LogP contribution in [-0.4, -0.2) is 54.0 Å². The minimum absolute atomic E-state index is 0.0522. The molecule has 0 bridgehead atoms. The number of aldehydes is 1. The fourth-order valence-corrected chi connectivity index (χ4v) is 4.29. The van der Waals surface area contributed by atoms with Gasteiger partial charge in [0.2, 0.25) is 5.91 Å². The number of nitrogens with zero attached hydrogens (tertiary/aromatic N) is 1. The van der Waals surface area contributed by atoms with E-state index < -0.39 is 23.7 Å². The highest BCUT2D eigenvalue weighted by Crippen LogP contribution is 2.56. The maximum atomic E-state index is 13.1. The summed E-state index contributed by atoms with van der Waals surface area (Å²) in [6.07, 6.45) is 2.51. The summed E-state index contributed by atoms with van der Waals surface area (Å²) in [5, 5.41) is 0. The van der Waals surface area contributed by atoms with E-state index in [1.165, 1.54) is 0 Å². The first kappa shape index (κ1) is 17.8. The van der Waals surface area contributed by atoms with Gasteiger partial charge >= 0.3 is 0 Å². The molecule has 0 aromatic heterocycles. The third-order valence-electron chi connectivity index (χ3n) is 5.73. The van der Waals surface area contributed by atoms with Crippen molar-refractivity contribution in [2.75, 3.05) is 13.2 Å². The fourth-order valence-electron chi connectivity index (χ4n) is 4.29. The lowest BCUT2D eigenvalue weighted by atomic mass is 9.78. The van der Waals surface area contributed by atoms with Gasteiger partial charge in [-0.2, -0.15) is 0 Å². The molecule has 136 valence electrons. The largest absolute Gasteiger partial charge is 0.355 e. The minimum Gasteiger partial charge on any atom is -0.355 e. The molecule has 3 saturated heterocycles. The first-order valence-electron chi connectivity index (χ1n) is 8.92. The molecule has 24 heavy (non-hydrogen) atoms. The Morgan fingerprint density at radius 3 is 2.71 bits per heavy atom. The summed E-state index contributed by atoms with van der Waals surface area (Å²) in [4.78, 5) is 26.9. The van der Waals surface area contributed by atoms with Gasteiger partial charge < -0.3 is 19.0 Å². The number of rotatable bonds is 5. The standard InChI is InChI=1S/C18H29NO5/c1-6-7-8-22-13-9-12-14(21)19-15(16(2,3)4)23-11-18(19,10-20)17(12,5)24-13/h10,12-13,15H,6-9,11H2,1-5H3/t12-,13-,15-,17-,18-/m0/s1. The first-order valence-corrected chi connectivity index (χ1v) is 8.92. The van der Waals surface area contributed by atoms with Crippen LogP contribution in [0.15, 0.2) is 0 Å². The molecule has 3 heterocycles. The normalized spacial score (nSPS) is 41.6. The van der Waals surface area contributed by atoms with Gasteiger partial charge in [-0.05, 0) is 13.3 Å². The van der Waals surface area contributed by atoms with Gasteiger partial charge in [0.05, 0.1) is 12.5 Å². The molecule has 0 radical (unpaired) electrons. The highest BCUT2D eigenvalue weighted by Gasteiger charge is 2.75. The van der Waals surface area contributed by atoms with Crippen LogP contribution in [0.3, 0.4) is 0 Å². The molecule has 3 aliphatic rings. The van der Waals surface area contributed by atoms with Crippen LogP contribution in [0.1, 0.15) is 53.9 Å². The van der Waals surface area contributed by atoms with Gasteiger partial charge in [-0.25, -0.2) is 0 Å². The average molecular weight is 339 g/mol. The van der Waals surface area contributed by atoms with E-state index in [-0.39, 0.29) is 23.8 Å². The number of carbonyl (C=O) groups is 2. The van der Waals surface area contributed by atoms with Crippen molar-refractivity contribution in [3.05, 3.63) is 0 Å². The molecule has 0 spiro atoms. The van der Waals surface area contributed by atoms with E-state index in [0.29, 0.717) is 13.0 Å². The monoisotopic (exact) mass is 339 g/mol. The maximum Gasteiger partial charge on any atom is 0.231 e. The Labute approximate surface area is 143 Å². The molecule has 0 aromatic rings. The van der Waals surface area contributed by atoms with E-state index in [4.69, 9.17) is 14.2 Å². The quantitative estimate of drug-likeness (QED) is 0.567. The van der Waals surface area contributed by atoms with Crippen LogP contribution in [0, 0.1) is 11.3 Å². The van der Waals surface area contributed by atoms with Gasteiger partial charge in [0, 0.05) is 18.4 Å². The lowest BCUT2D eigenvalue weighted by Crippen LogP contribution is -2.60. The molecular weight excluding hydrogens is 310 g/mol. The molecule has 6 heteroatoms. The highest BCUT2D eigenvalue weighted by atomic mass is 16.7. The van der Waals surface area contributed by atoms with Crippen LogP contribution in [-0.2, 0) is 23.8 Å². The van der Waals surface area contributed by atoms with Gasteiger partial charge in [-0.15, -0.1) is 0 Å². The second kappa shape index (κ2) is 5.78. The first-order chi connectivity index (χ1) is 11.2. The Morgan fingerprint density at radius 2 is 2.12 bits per heavy atom. The van der Waals surface area contributed by atoms with E-state index in [1.807, 2.05) is 27.7 Å². The van der Waals surface area contributed by atoms with Crippen LogP contribution in [0.25, 0.3) is 0 Å². The molecule has 3 fully saturated rings. The van der Waals surface area contributed by atoms with Gasteiger partial charge in [-0.3, -0.25) is 9.69 Å². The van der Waals surface area contributed by atoms with Crippen LogP contribution in [0.5, 0.6) is 0 Å². The molecule has 3 rings (SSSR count). The Morgan fingerprint density at radius 1 is 1.42 bits per heavy atom. The fraction of sp³-hybridized carbons (Fsp3) is 0.889. The van der Waals surface area contributed by atoms with Gasteiger partial charge in [-0.1, -0.05) is 34.1 Å². The summed E-state index contributed by atoms with van der Waals surface area (Å²) in [5.74, 6) is -0.410. The summed E-state index contributed by atoms with van der Waals surface area (Å²) in [6, 6.07) is 0. The van der Waals surface area contributed by atoms with E-state index in [1.54, 1.807) is 4.90 Å². The minimum atomic E-state index is -1.06. The summed E-state index contributed by atoms with van der Waals surface area (Å²) < 4.78 is 17.8. The van der Waals surface area contributed by atoms with E-state index in [0.717, 1.165) is 19.1 Å². The number of unbranched alkanes of at least 4 members (excludes halogenated alkanes) is 1. The Kier molecular flexibility index (Phi) is 4.30. The number of hydrogen-bond donors (Lipinski definition) is 0. The van der Waals surface area contributed by atoms with Gasteiger partial charge in [0.25, 0.3) is 0 Å². The van der Waals surface area contributed by atoms with Crippen LogP contribution in [0.2, 0.25) is 0 Å². The van der Waals surface area contributed by atoms with Crippen molar-refractivity contribution in [2.24, 2.45) is 11.3 Å². The zero-order valence-corrected chi connectivity index (χ0v) is 15.3. The summed E-state index contributed by atoms with van der Waals surface area (Å²) >= 11 is 0. The Bertz CT molecular complexity index is 530. The molecule has 6 nitrogen and oxygen atoms in total. The Hall–Kier alpha value is -0.980. The van der Waals surface area contributed by atoms with Gasteiger partial charge in [0.1, 0.15) is 11.8 Å². The number of fused-ring (bicyclic) bond motifs is 3. The third kappa shape index (κ3) is 2.26. The number of amides is 1. The second-order valence-electron chi connectivity index (χ2n) is 8.45. The predicted octanol–water partition coefficient (Wildman–Crippen LogP) is 2.11. The third-order valence-corrected chi connectivity index (χ3v) is 5.73. The number of carbonyl (C=O) groups excluding carboxylic acids is 2. The molecule has 3 aliphatic heterocycles. The van der Waals surface area contributed by atoms with Crippen molar-refractivity contribution in [3.8, 4) is 0 Å². The van der Waals surface area contributed by atoms with Crippen molar-refractivity contribution >= 4 is 12.2 Å². The molecule has 0 unspecified atom stereocenters. The van der Waals surface area contributed by atoms with Crippen molar-refractivity contribution < 1.29 is 23.8 Å². The maximum absolute atomic E-state index is 13.1. The predicted molar refractivity (Wildman–Crippen MR) is 87.1 cm³/mol. The van der Waals surface area contributed by atoms with E-state index in [9.17, 15) is 9.59 Å². The summed E-state index contributed by atoms with van der Waals surface area (Å²) in [7, 11) is 0. The van der Waals surface area contributed by atoms with Gasteiger partial charge in [0.15, 0.2) is 18.1 Å². The topological polar surface area (TPSA) is 65.1 Å². The second-order valence-corrected chi connectivity index (χ2v) is 8.45. The number of ether oxygens (including phenoxy) is 3. The molecule has 0 N–H and O–H groups in total. The van der Waals surface area contributed by atoms with Crippen LogP contribution in [0.4, 0.5) is 0 Å². The number of hydrogen-bond acceptors (Lipinski definition) is 5. The SMILES string of the molecule is CCCCO[C@@H]1C[C@H]2C(=O)N3[C@H](C(C)(C)C)OC[C@@]3(C=O)[C@@]2(C)O1. The summed E-state index contributed by atoms with van der Waals surface area (Å²) in [6.45, 7) is 10.8. The zero-order valence-electron chi connectivity index (χ0n) is 15.3. The molecule has 0 aliphatic carbocycles. The van der Waals surface area contributed by atoms with E-state index >= 15 is 0 Å². The lowest BCUT2D eigenvalue weighted by molar-refractivity contribution is -0.191. The molecule has 0 saturated carbocycles. The van der Waals surface area contributed by atoms with E-state index in [2.05, 4.69) is 6.92 Å². The smallest absolute Gasteiger partial charge is 0.231 e. The lowest BCUT2D eigenvalue weighted by Gasteiger charge is -2.40. The van der Waals surface area contributed by atoms with Crippen molar-refractivity contribution in [1.82, 2.24) is 4.90 Å². The van der Waals surface area contributed by atoms with Crippen molar-refractivity contribution in [2.45, 2.75) is 77.5 Å². The van der Waals surface area contributed by atoms with Crippen LogP contribution >= 0.6 is 0 Å². The highest BCUT2D eigenvalue weighted by molar-refractivity contribution is 5.92. The van der Waals surface area contributed by atoms with Crippen LogP contribution < -0.4 is 0 Å². The van der Waals surface area contributed by atoms with Crippen molar-refractivity contribution in [3.63, 3.8) is 0 Å². The van der Waals surface area contributed by atoms with Crippen molar-refractivity contribution in [1.29, 1.82) is 0 Å². The summed E-state index contributed by atoms with van der Waals surface area (Å²) in [5.41, 5.74) is -2.23. The molecule has 5 atom stereocenters.